The van der Waals surface area contributed by atoms with E-state index in [0.717, 1.165) is 6.26 Å². The average molecular weight is 339 g/mol. The first kappa shape index (κ1) is 16.2. The second kappa shape index (κ2) is 6.83. The fraction of sp³-hybridized carbons (Fsp3) is 0.0588. The van der Waals surface area contributed by atoms with Crippen molar-refractivity contribution in [2.75, 3.05) is 10.6 Å². The van der Waals surface area contributed by atoms with Gasteiger partial charge in [0.1, 0.15) is 6.26 Å². The fourth-order valence-corrected chi connectivity index (χ4v) is 2.01. The molecule has 0 saturated heterocycles. The minimum absolute atomic E-state index is 0.0250. The van der Waals surface area contributed by atoms with Crippen LogP contribution in [-0.4, -0.2) is 22.6 Å². The molecule has 0 aliphatic heterocycles. The Hall–Kier alpha value is -3.68. The number of rotatable bonds is 5. The number of nitrogens with zero attached hydrogens (tertiary/aromatic N) is 1. The van der Waals surface area contributed by atoms with Gasteiger partial charge in [-0.1, -0.05) is 12.1 Å². The lowest BCUT2D eigenvalue weighted by molar-refractivity contribution is 0.0989. The van der Waals surface area contributed by atoms with Crippen molar-refractivity contribution in [3.63, 3.8) is 0 Å². The maximum Gasteiger partial charge on any atom is 0.302 e. The van der Waals surface area contributed by atoms with Gasteiger partial charge in [0, 0.05) is 11.3 Å². The van der Waals surface area contributed by atoms with Crippen LogP contribution in [0.5, 0.6) is 0 Å². The number of ketones is 1. The Bertz CT molecular complexity index is 927. The molecule has 1 aromatic carbocycles. The summed E-state index contributed by atoms with van der Waals surface area (Å²) in [7, 11) is 0. The van der Waals surface area contributed by atoms with Crippen molar-refractivity contribution < 1.29 is 23.2 Å². The van der Waals surface area contributed by atoms with E-state index < -0.39 is 11.8 Å². The number of hydrogen-bond donors (Lipinski definition) is 2. The summed E-state index contributed by atoms with van der Waals surface area (Å²) in [6, 6.07) is 9.42. The third-order valence-electron chi connectivity index (χ3n) is 3.23. The molecule has 0 unspecified atom stereocenters. The average Bonchev–Trinajstić information content (AvgIpc) is 3.26. The van der Waals surface area contributed by atoms with Crippen LogP contribution >= 0.6 is 0 Å². The maximum absolute atomic E-state index is 12.2. The maximum atomic E-state index is 12.2. The van der Waals surface area contributed by atoms with Crippen molar-refractivity contribution in [3.05, 3.63) is 65.9 Å². The molecule has 126 valence electrons. The number of hydrogen-bond acceptors (Lipinski definition) is 6. The number of amides is 2. The Morgan fingerprint density at radius 1 is 1.00 bits per heavy atom. The highest BCUT2D eigenvalue weighted by atomic mass is 16.4. The Morgan fingerprint density at radius 3 is 2.56 bits per heavy atom. The molecule has 0 aliphatic carbocycles. The highest BCUT2D eigenvalue weighted by molar-refractivity contribution is 6.05. The van der Waals surface area contributed by atoms with Crippen LogP contribution in [-0.2, 0) is 0 Å². The van der Waals surface area contributed by atoms with E-state index in [0.29, 0.717) is 11.3 Å². The number of nitrogens with one attached hydrogen (secondary N) is 2. The van der Waals surface area contributed by atoms with Crippen molar-refractivity contribution in [2.45, 2.75) is 6.92 Å². The normalized spacial score (nSPS) is 10.3. The van der Waals surface area contributed by atoms with E-state index in [4.69, 9.17) is 8.83 Å². The Balaban J connectivity index is 1.67. The molecule has 0 radical (unpaired) electrons. The molecule has 0 spiro atoms. The molecular formula is C17H13N3O5. The Kier molecular flexibility index (Phi) is 4.42. The highest BCUT2D eigenvalue weighted by Gasteiger charge is 2.16. The van der Waals surface area contributed by atoms with E-state index in [1.807, 2.05) is 0 Å². The molecule has 2 amide bonds. The number of aromatic nitrogens is 1. The topological polar surface area (TPSA) is 114 Å². The molecule has 8 nitrogen and oxygen atoms in total. The van der Waals surface area contributed by atoms with E-state index in [1.54, 1.807) is 30.3 Å². The summed E-state index contributed by atoms with van der Waals surface area (Å²) in [4.78, 5) is 39.2. The monoisotopic (exact) mass is 339 g/mol. The molecule has 25 heavy (non-hydrogen) atoms. The third kappa shape index (κ3) is 3.81. The molecule has 2 aromatic heterocycles. The van der Waals surface area contributed by atoms with Crippen LogP contribution in [0.4, 0.5) is 11.7 Å². The number of carbonyl (C=O) groups is 3. The van der Waals surface area contributed by atoms with Crippen molar-refractivity contribution >= 4 is 29.3 Å². The first-order chi connectivity index (χ1) is 12.0. The van der Waals surface area contributed by atoms with Gasteiger partial charge < -0.3 is 14.2 Å². The molecule has 0 fully saturated rings. The van der Waals surface area contributed by atoms with Gasteiger partial charge in [-0.15, -0.1) is 0 Å². The second-order valence-corrected chi connectivity index (χ2v) is 5.06. The lowest BCUT2D eigenvalue weighted by Gasteiger charge is -2.04. The zero-order valence-electron chi connectivity index (χ0n) is 13.1. The molecule has 3 aromatic rings. The van der Waals surface area contributed by atoms with Gasteiger partial charge in [0.05, 0.1) is 6.26 Å². The molecule has 0 atom stereocenters. The Labute approximate surface area is 141 Å². The summed E-state index contributed by atoms with van der Waals surface area (Å²) in [5, 5.41) is 4.98. The van der Waals surface area contributed by atoms with E-state index in [2.05, 4.69) is 15.6 Å². The van der Waals surface area contributed by atoms with E-state index in [1.165, 1.54) is 19.3 Å². The molecule has 3 rings (SSSR count). The summed E-state index contributed by atoms with van der Waals surface area (Å²) in [6.45, 7) is 1.44. The zero-order chi connectivity index (χ0) is 17.8. The largest absolute Gasteiger partial charge is 0.459 e. The summed E-state index contributed by atoms with van der Waals surface area (Å²) in [5.74, 6) is -1.11. The van der Waals surface area contributed by atoms with Crippen LogP contribution in [0.3, 0.4) is 0 Å². The quantitative estimate of drug-likeness (QED) is 0.691. The number of benzene rings is 1. The molecule has 2 heterocycles. The number of anilines is 2. The molecular weight excluding hydrogens is 326 g/mol. The van der Waals surface area contributed by atoms with Gasteiger partial charge in [0.2, 0.25) is 0 Å². The summed E-state index contributed by atoms with van der Waals surface area (Å²) in [6.07, 6.45) is 2.47. The van der Waals surface area contributed by atoms with Gasteiger partial charge in [0.25, 0.3) is 11.8 Å². The van der Waals surface area contributed by atoms with Crippen LogP contribution in [0.15, 0.2) is 57.8 Å². The van der Waals surface area contributed by atoms with Crippen LogP contribution in [0.1, 0.15) is 38.3 Å². The van der Waals surface area contributed by atoms with Crippen molar-refractivity contribution in [2.24, 2.45) is 0 Å². The van der Waals surface area contributed by atoms with Crippen LogP contribution in [0.25, 0.3) is 0 Å². The number of furan rings is 1. The number of Topliss-reactive ketones (excluding diaryl/α,β-unsaturated/α-hetero) is 1. The van der Waals surface area contributed by atoms with Gasteiger partial charge in [-0.25, -0.2) is 0 Å². The van der Waals surface area contributed by atoms with Crippen molar-refractivity contribution in [3.8, 4) is 0 Å². The lowest BCUT2D eigenvalue weighted by Crippen LogP contribution is -2.14. The fourth-order valence-electron chi connectivity index (χ4n) is 2.01. The molecule has 2 N–H and O–H groups in total. The van der Waals surface area contributed by atoms with Crippen LogP contribution in [0.2, 0.25) is 0 Å². The third-order valence-corrected chi connectivity index (χ3v) is 3.23. The predicted octanol–water partition coefficient (Wildman–Crippen LogP) is 2.97. The van der Waals surface area contributed by atoms with Crippen molar-refractivity contribution in [1.29, 1.82) is 0 Å². The van der Waals surface area contributed by atoms with Gasteiger partial charge in [-0.2, -0.15) is 4.98 Å². The van der Waals surface area contributed by atoms with Gasteiger partial charge in [-0.05, 0) is 31.2 Å². The SMILES string of the molecule is CC(=O)c1cccc(NC(=O)c2coc(NC(=O)c3ccco3)n2)c1. The van der Waals surface area contributed by atoms with Gasteiger partial charge in [-0.3, -0.25) is 19.7 Å². The Morgan fingerprint density at radius 2 is 1.84 bits per heavy atom. The molecule has 0 bridgehead atoms. The summed E-state index contributed by atoms with van der Waals surface area (Å²) in [5.41, 5.74) is 0.897. The number of oxazole rings is 1. The first-order valence-corrected chi connectivity index (χ1v) is 7.25. The van der Waals surface area contributed by atoms with Crippen LogP contribution in [0, 0.1) is 0 Å². The lowest BCUT2D eigenvalue weighted by atomic mass is 10.1. The van der Waals surface area contributed by atoms with Gasteiger partial charge in [0.15, 0.2) is 17.2 Å². The summed E-state index contributed by atoms with van der Waals surface area (Å²) < 4.78 is 10.00. The predicted molar refractivity (Wildman–Crippen MR) is 87.6 cm³/mol. The first-order valence-electron chi connectivity index (χ1n) is 7.25. The molecule has 8 heteroatoms. The smallest absolute Gasteiger partial charge is 0.302 e. The standard InChI is InChI=1S/C17H13N3O5/c1-10(21)11-4-2-5-12(8-11)18-15(22)13-9-25-17(19-13)20-16(23)14-6-3-7-24-14/h2-9H,1H3,(H,18,22)(H,19,20,23). The second-order valence-electron chi connectivity index (χ2n) is 5.06. The molecule has 0 aliphatic rings. The zero-order valence-corrected chi connectivity index (χ0v) is 13.1. The summed E-state index contributed by atoms with van der Waals surface area (Å²) >= 11 is 0. The molecule has 0 saturated carbocycles. The minimum atomic E-state index is -0.548. The van der Waals surface area contributed by atoms with E-state index >= 15 is 0 Å². The van der Waals surface area contributed by atoms with Gasteiger partial charge >= 0.3 is 6.01 Å². The van der Waals surface area contributed by atoms with E-state index in [9.17, 15) is 14.4 Å². The van der Waals surface area contributed by atoms with Crippen LogP contribution < -0.4 is 10.6 Å². The number of carbonyl (C=O) groups excluding carboxylic acids is 3. The highest BCUT2D eigenvalue weighted by Crippen LogP contribution is 2.14. The minimum Gasteiger partial charge on any atom is -0.459 e. The van der Waals surface area contributed by atoms with Crippen molar-refractivity contribution in [1.82, 2.24) is 4.98 Å². The van der Waals surface area contributed by atoms with E-state index in [-0.39, 0.29) is 23.3 Å².